The number of oxazole rings is 1. The smallest absolute Gasteiger partial charge is 0.266 e. The SMILES string of the molecule is Cc1ncc(CCN2CCCC2Cn2nc(C3CC3)ccc2=O)o1. The number of hydrogen-bond acceptors (Lipinski definition) is 5. The van der Waals surface area contributed by atoms with Crippen molar-refractivity contribution in [3.8, 4) is 0 Å². The normalized spacial score (nSPS) is 21.5. The summed E-state index contributed by atoms with van der Waals surface area (Å²) in [7, 11) is 0. The molecule has 0 amide bonds. The summed E-state index contributed by atoms with van der Waals surface area (Å²) in [6, 6.07) is 3.96. The fourth-order valence-corrected chi connectivity index (χ4v) is 3.56. The Morgan fingerprint density at radius 3 is 2.92 bits per heavy atom. The van der Waals surface area contributed by atoms with E-state index in [1.165, 1.54) is 19.3 Å². The minimum atomic E-state index is 0.0112. The maximum Gasteiger partial charge on any atom is 0.266 e. The van der Waals surface area contributed by atoms with Crippen LogP contribution in [0.3, 0.4) is 0 Å². The van der Waals surface area contributed by atoms with Crippen LogP contribution >= 0.6 is 0 Å². The van der Waals surface area contributed by atoms with Crippen molar-refractivity contribution in [3.63, 3.8) is 0 Å². The van der Waals surface area contributed by atoms with E-state index in [0.717, 1.165) is 43.3 Å². The predicted octanol–water partition coefficient (Wildman–Crippen LogP) is 2.12. The Bertz CT molecular complexity index is 762. The van der Waals surface area contributed by atoms with Crippen LogP contribution in [-0.4, -0.2) is 38.8 Å². The summed E-state index contributed by atoms with van der Waals surface area (Å²) in [5.41, 5.74) is 1.09. The Morgan fingerprint density at radius 2 is 2.17 bits per heavy atom. The van der Waals surface area contributed by atoms with Crippen LogP contribution in [0, 0.1) is 6.92 Å². The largest absolute Gasteiger partial charge is 0.446 e. The third-order valence-electron chi connectivity index (χ3n) is 5.08. The topological polar surface area (TPSA) is 64.2 Å². The molecule has 1 atom stereocenters. The molecule has 1 saturated carbocycles. The third kappa shape index (κ3) is 3.43. The second-order valence-corrected chi connectivity index (χ2v) is 6.98. The first-order valence-electron chi connectivity index (χ1n) is 8.92. The fraction of sp³-hybridized carbons (Fsp3) is 0.611. The maximum absolute atomic E-state index is 12.1. The van der Waals surface area contributed by atoms with Crippen LogP contribution in [-0.2, 0) is 13.0 Å². The van der Waals surface area contributed by atoms with Crippen LogP contribution in [0.2, 0.25) is 0 Å². The van der Waals surface area contributed by atoms with E-state index >= 15 is 0 Å². The Kier molecular flexibility index (Phi) is 4.22. The number of aryl methyl sites for hydroxylation is 1. The molecule has 0 radical (unpaired) electrons. The quantitative estimate of drug-likeness (QED) is 0.813. The number of likely N-dealkylation sites (tertiary alicyclic amines) is 1. The van der Waals surface area contributed by atoms with Gasteiger partial charge in [-0.05, 0) is 38.3 Å². The van der Waals surface area contributed by atoms with Crippen LogP contribution in [0.1, 0.15) is 48.9 Å². The number of aromatic nitrogens is 3. The molecule has 3 heterocycles. The van der Waals surface area contributed by atoms with E-state index in [-0.39, 0.29) is 5.56 Å². The summed E-state index contributed by atoms with van der Waals surface area (Å²) in [5.74, 6) is 2.23. The van der Waals surface area contributed by atoms with Gasteiger partial charge in [-0.25, -0.2) is 9.67 Å². The highest BCUT2D eigenvalue weighted by Crippen LogP contribution is 2.38. The highest BCUT2D eigenvalue weighted by Gasteiger charge is 2.28. The van der Waals surface area contributed by atoms with Crippen molar-refractivity contribution in [1.29, 1.82) is 0 Å². The molecule has 1 unspecified atom stereocenters. The first-order valence-corrected chi connectivity index (χ1v) is 8.92. The lowest BCUT2D eigenvalue weighted by Crippen LogP contribution is -2.38. The van der Waals surface area contributed by atoms with E-state index in [0.29, 0.717) is 18.5 Å². The summed E-state index contributed by atoms with van der Waals surface area (Å²) in [5, 5.41) is 4.60. The number of rotatable bonds is 6. The molecule has 0 spiro atoms. The molecule has 24 heavy (non-hydrogen) atoms. The summed E-state index contributed by atoms with van der Waals surface area (Å²) >= 11 is 0. The molecule has 2 aromatic heterocycles. The van der Waals surface area contributed by atoms with Gasteiger partial charge < -0.3 is 4.42 Å². The van der Waals surface area contributed by atoms with Gasteiger partial charge in [-0.3, -0.25) is 9.69 Å². The molecule has 6 heteroatoms. The zero-order chi connectivity index (χ0) is 16.5. The molecule has 6 nitrogen and oxygen atoms in total. The highest BCUT2D eigenvalue weighted by atomic mass is 16.4. The minimum Gasteiger partial charge on any atom is -0.446 e. The second-order valence-electron chi connectivity index (χ2n) is 6.98. The Hall–Kier alpha value is -1.95. The summed E-state index contributed by atoms with van der Waals surface area (Å²) in [6.07, 6.45) is 7.39. The van der Waals surface area contributed by atoms with Gasteiger partial charge in [0.15, 0.2) is 5.89 Å². The summed E-state index contributed by atoms with van der Waals surface area (Å²) in [4.78, 5) is 18.8. The summed E-state index contributed by atoms with van der Waals surface area (Å²) in [6.45, 7) is 4.58. The van der Waals surface area contributed by atoms with Gasteiger partial charge in [-0.2, -0.15) is 5.10 Å². The zero-order valence-corrected chi connectivity index (χ0v) is 14.1. The first kappa shape index (κ1) is 15.6. The predicted molar refractivity (Wildman–Crippen MR) is 90.0 cm³/mol. The van der Waals surface area contributed by atoms with Crippen LogP contribution in [0.4, 0.5) is 0 Å². The molecule has 0 bridgehead atoms. The van der Waals surface area contributed by atoms with Gasteiger partial charge in [0.05, 0.1) is 18.4 Å². The van der Waals surface area contributed by atoms with Crippen molar-refractivity contribution in [3.05, 3.63) is 46.0 Å². The van der Waals surface area contributed by atoms with Crippen LogP contribution in [0.5, 0.6) is 0 Å². The van der Waals surface area contributed by atoms with Crippen molar-refractivity contribution < 1.29 is 4.42 Å². The third-order valence-corrected chi connectivity index (χ3v) is 5.08. The van der Waals surface area contributed by atoms with E-state index in [9.17, 15) is 4.79 Å². The monoisotopic (exact) mass is 328 g/mol. The van der Waals surface area contributed by atoms with Crippen molar-refractivity contribution in [2.75, 3.05) is 13.1 Å². The minimum absolute atomic E-state index is 0.0112. The molecular formula is C18H24N4O2. The Balaban J connectivity index is 1.41. The van der Waals surface area contributed by atoms with Crippen LogP contribution in [0.25, 0.3) is 0 Å². The van der Waals surface area contributed by atoms with E-state index < -0.39 is 0 Å². The van der Waals surface area contributed by atoms with Crippen molar-refractivity contribution >= 4 is 0 Å². The molecule has 4 rings (SSSR count). The van der Waals surface area contributed by atoms with Crippen molar-refractivity contribution in [2.45, 2.75) is 57.5 Å². The summed E-state index contributed by atoms with van der Waals surface area (Å²) < 4.78 is 7.24. The van der Waals surface area contributed by atoms with Gasteiger partial charge >= 0.3 is 0 Å². The molecule has 1 aliphatic heterocycles. The van der Waals surface area contributed by atoms with Crippen LogP contribution in [0.15, 0.2) is 27.5 Å². The van der Waals surface area contributed by atoms with Crippen molar-refractivity contribution in [1.82, 2.24) is 19.7 Å². The average Bonchev–Trinajstić information content (AvgIpc) is 3.20. The van der Waals surface area contributed by atoms with E-state index in [1.54, 1.807) is 10.7 Å². The standard InChI is InChI=1S/C18H24N4O2/c1-13-19-11-16(24-13)8-10-21-9-2-3-15(21)12-22-18(23)7-6-17(20-22)14-4-5-14/h6-7,11,14-15H,2-5,8-10,12H2,1H3. The molecule has 1 aliphatic carbocycles. The Labute approximate surface area is 141 Å². The van der Waals surface area contributed by atoms with Gasteiger partial charge in [-0.1, -0.05) is 0 Å². The lowest BCUT2D eigenvalue weighted by molar-refractivity contribution is 0.222. The highest BCUT2D eigenvalue weighted by molar-refractivity contribution is 5.12. The van der Waals surface area contributed by atoms with Gasteiger partial charge in [0.25, 0.3) is 5.56 Å². The zero-order valence-electron chi connectivity index (χ0n) is 14.1. The molecule has 0 aromatic carbocycles. The van der Waals surface area contributed by atoms with Crippen molar-refractivity contribution in [2.24, 2.45) is 0 Å². The lowest BCUT2D eigenvalue weighted by Gasteiger charge is -2.24. The fourth-order valence-electron chi connectivity index (χ4n) is 3.56. The van der Waals surface area contributed by atoms with Gasteiger partial charge in [0.1, 0.15) is 5.76 Å². The molecule has 2 aromatic rings. The van der Waals surface area contributed by atoms with Gasteiger partial charge in [0, 0.05) is 37.9 Å². The first-order chi connectivity index (χ1) is 11.7. The van der Waals surface area contributed by atoms with E-state index in [2.05, 4.69) is 15.0 Å². The second kappa shape index (κ2) is 6.51. The molecule has 2 aliphatic rings. The number of nitrogens with zero attached hydrogens (tertiary/aromatic N) is 4. The van der Waals surface area contributed by atoms with E-state index in [4.69, 9.17) is 4.42 Å². The molecule has 2 fully saturated rings. The van der Waals surface area contributed by atoms with E-state index in [1.807, 2.05) is 19.2 Å². The molecule has 128 valence electrons. The molecule has 1 saturated heterocycles. The molecular weight excluding hydrogens is 304 g/mol. The number of hydrogen-bond donors (Lipinski definition) is 0. The maximum atomic E-state index is 12.1. The average molecular weight is 328 g/mol. The Morgan fingerprint density at radius 1 is 1.29 bits per heavy atom. The van der Waals surface area contributed by atoms with Gasteiger partial charge in [-0.15, -0.1) is 0 Å². The van der Waals surface area contributed by atoms with Gasteiger partial charge in [0.2, 0.25) is 0 Å². The molecule has 0 N–H and O–H groups in total. The van der Waals surface area contributed by atoms with Crippen LogP contribution < -0.4 is 5.56 Å². The lowest BCUT2D eigenvalue weighted by atomic mass is 10.2.